The molecular formula is C19H20F3N3O2. The lowest BCUT2D eigenvalue weighted by atomic mass is 10.1. The van der Waals surface area contributed by atoms with Gasteiger partial charge in [0.15, 0.2) is 0 Å². The van der Waals surface area contributed by atoms with E-state index in [1.165, 1.54) is 12.1 Å². The number of nitrogens with zero attached hydrogens (tertiary/aromatic N) is 2. The number of hydrogen-bond donors (Lipinski definition) is 1. The van der Waals surface area contributed by atoms with E-state index in [4.69, 9.17) is 4.42 Å². The predicted molar refractivity (Wildman–Crippen MR) is 90.7 cm³/mol. The van der Waals surface area contributed by atoms with Crippen LogP contribution in [0.3, 0.4) is 0 Å². The van der Waals surface area contributed by atoms with Crippen molar-refractivity contribution in [2.75, 3.05) is 6.54 Å². The molecular weight excluding hydrogens is 359 g/mol. The van der Waals surface area contributed by atoms with E-state index >= 15 is 0 Å². The van der Waals surface area contributed by atoms with Crippen LogP contribution in [0.1, 0.15) is 47.0 Å². The zero-order valence-corrected chi connectivity index (χ0v) is 14.7. The molecule has 2 aliphatic rings. The van der Waals surface area contributed by atoms with E-state index in [9.17, 15) is 18.0 Å². The van der Waals surface area contributed by atoms with Crippen molar-refractivity contribution in [3.8, 4) is 0 Å². The average molecular weight is 379 g/mol. The molecule has 0 spiro atoms. The van der Waals surface area contributed by atoms with Gasteiger partial charge in [-0.15, -0.1) is 0 Å². The van der Waals surface area contributed by atoms with Crippen molar-refractivity contribution in [3.63, 3.8) is 0 Å². The van der Waals surface area contributed by atoms with Gasteiger partial charge < -0.3 is 9.73 Å². The molecule has 1 N–H and O–H groups in total. The summed E-state index contributed by atoms with van der Waals surface area (Å²) in [5.41, 5.74) is 1.05. The maximum absolute atomic E-state index is 13.9. The lowest BCUT2D eigenvalue weighted by molar-refractivity contribution is 0.0899. The molecule has 1 amide bonds. The summed E-state index contributed by atoms with van der Waals surface area (Å²) in [7, 11) is 0. The monoisotopic (exact) mass is 379 g/mol. The Kier molecular flexibility index (Phi) is 4.90. The minimum absolute atomic E-state index is 0.0166. The van der Waals surface area contributed by atoms with E-state index < -0.39 is 23.7 Å². The van der Waals surface area contributed by atoms with Crippen molar-refractivity contribution in [3.05, 3.63) is 52.7 Å². The molecule has 8 heteroatoms. The van der Waals surface area contributed by atoms with Crippen molar-refractivity contribution < 1.29 is 22.4 Å². The van der Waals surface area contributed by atoms with Gasteiger partial charge >= 0.3 is 5.91 Å². The highest BCUT2D eigenvalue weighted by molar-refractivity contribution is 5.90. The molecule has 5 nitrogen and oxygen atoms in total. The predicted octanol–water partition coefficient (Wildman–Crippen LogP) is 3.13. The number of aromatic nitrogens is 1. The zero-order chi connectivity index (χ0) is 19.0. The van der Waals surface area contributed by atoms with Gasteiger partial charge in [-0.25, -0.2) is 18.2 Å². The molecule has 0 bridgehead atoms. The Morgan fingerprint density at radius 3 is 2.93 bits per heavy atom. The summed E-state index contributed by atoms with van der Waals surface area (Å²) in [5, 5.41) is 2.76. The zero-order valence-electron chi connectivity index (χ0n) is 14.7. The van der Waals surface area contributed by atoms with Crippen LogP contribution in [0.4, 0.5) is 13.2 Å². The van der Waals surface area contributed by atoms with Gasteiger partial charge in [0.2, 0.25) is 0 Å². The lowest BCUT2D eigenvalue weighted by Gasteiger charge is -2.25. The summed E-state index contributed by atoms with van der Waals surface area (Å²) < 4.78 is 45.7. The molecule has 1 aliphatic heterocycles. The number of hydrogen-bond acceptors (Lipinski definition) is 4. The number of oxazole rings is 1. The van der Waals surface area contributed by atoms with E-state index in [1.54, 1.807) is 0 Å². The Bertz CT molecular complexity index is 855. The van der Waals surface area contributed by atoms with Crippen molar-refractivity contribution in [1.29, 1.82) is 0 Å². The molecule has 1 aromatic carbocycles. The van der Waals surface area contributed by atoms with Crippen LogP contribution in [0.5, 0.6) is 0 Å². The SMILES string of the molecule is O=C(N[C@@H]1CC[C@@H](F)C1)c1nc2c(o1)CCN(Cc1ccc(F)cc1F)C2. The number of alkyl halides is 1. The molecule has 1 aromatic heterocycles. The van der Waals surface area contributed by atoms with Gasteiger partial charge in [0.1, 0.15) is 23.6 Å². The summed E-state index contributed by atoms with van der Waals surface area (Å²) in [4.78, 5) is 18.5. The molecule has 1 aliphatic carbocycles. The molecule has 1 saturated carbocycles. The molecule has 144 valence electrons. The van der Waals surface area contributed by atoms with Crippen molar-refractivity contribution in [1.82, 2.24) is 15.2 Å². The fourth-order valence-electron chi connectivity index (χ4n) is 3.68. The van der Waals surface area contributed by atoms with Gasteiger partial charge in [0.05, 0.1) is 5.69 Å². The third-order valence-corrected chi connectivity index (χ3v) is 5.11. The first-order valence-electron chi connectivity index (χ1n) is 9.07. The molecule has 4 rings (SSSR count). The van der Waals surface area contributed by atoms with Crippen LogP contribution in [0, 0.1) is 11.6 Å². The molecule has 2 aromatic rings. The summed E-state index contributed by atoms with van der Waals surface area (Å²) >= 11 is 0. The lowest BCUT2D eigenvalue weighted by Crippen LogP contribution is -2.33. The summed E-state index contributed by atoms with van der Waals surface area (Å²) in [5.74, 6) is -0.989. The number of amides is 1. The van der Waals surface area contributed by atoms with Crippen LogP contribution in [0.15, 0.2) is 22.6 Å². The highest BCUT2D eigenvalue weighted by atomic mass is 19.1. The summed E-state index contributed by atoms with van der Waals surface area (Å²) in [6, 6.07) is 3.35. The standard InChI is InChI=1S/C19H20F3N3O2/c20-12-3-4-14(7-12)23-18(26)19-24-16-10-25(6-5-17(16)27-19)9-11-1-2-13(21)8-15(11)22/h1-2,8,12,14H,3-7,9-10H2,(H,23,26)/t12-,14-/m1/s1. The molecule has 2 atom stereocenters. The third kappa shape index (κ3) is 4.00. The molecule has 2 heterocycles. The highest BCUT2D eigenvalue weighted by Gasteiger charge is 2.29. The van der Waals surface area contributed by atoms with E-state index in [2.05, 4.69) is 10.3 Å². The van der Waals surface area contributed by atoms with Crippen LogP contribution in [-0.2, 0) is 19.5 Å². The van der Waals surface area contributed by atoms with Crippen molar-refractivity contribution in [2.45, 2.75) is 51.0 Å². The highest BCUT2D eigenvalue weighted by Crippen LogP contribution is 2.24. The molecule has 0 unspecified atom stereocenters. The van der Waals surface area contributed by atoms with Gasteiger partial charge in [-0.05, 0) is 25.3 Å². The van der Waals surface area contributed by atoms with Gasteiger partial charge in [-0.2, -0.15) is 0 Å². The van der Waals surface area contributed by atoms with E-state index in [0.29, 0.717) is 62.3 Å². The first kappa shape index (κ1) is 18.0. The van der Waals surface area contributed by atoms with Crippen LogP contribution >= 0.6 is 0 Å². The van der Waals surface area contributed by atoms with Gasteiger partial charge in [0.25, 0.3) is 5.89 Å². The number of carbonyl (C=O) groups excluding carboxylic acids is 1. The second-order valence-corrected chi connectivity index (χ2v) is 7.17. The first-order chi connectivity index (χ1) is 13.0. The largest absolute Gasteiger partial charge is 0.437 e. The van der Waals surface area contributed by atoms with E-state index in [1.807, 2.05) is 4.90 Å². The Hall–Kier alpha value is -2.35. The Balaban J connectivity index is 1.40. The van der Waals surface area contributed by atoms with Gasteiger partial charge in [-0.3, -0.25) is 9.69 Å². The van der Waals surface area contributed by atoms with Crippen LogP contribution in [0.2, 0.25) is 0 Å². The number of fused-ring (bicyclic) bond motifs is 1. The Morgan fingerprint density at radius 1 is 1.33 bits per heavy atom. The average Bonchev–Trinajstić information content (AvgIpc) is 3.23. The van der Waals surface area contributed by atoms with E-state index in [-0.39, 0.29) is 11.9 Å². The Labute approximate surface area is 154 Å². The first-order valence-corrected chi connectivity index (χ1v) is 9.07. The van der Waals surface area contributed by atoms with Crippen molar-refractivity contribution in [2.24, 2.45) is 0 Å². The normalized spacial score (nSPS) is 22.6. The molecule has 0 saturated heterocycles. The number of benzene rings is 1. The third-order valence-electron chi connectivity index (χ3n) is 5.11. The fourth-order valence-corrected chi connectivity index (χ4v) is 3.68. The van der Waals surface area contributed by atoms with Gasteiger partial charge in [0, 0.05) is 43.7 Å². The van der Waals surface area contributed by atoms with Crippen molar-refractivity contribution >= 4 is 5.91 Å². The van der Waals surface area contributed by atoms with Gasteiger partial charge in [-0.1, -0.05) is 6.07 Å². The molecule has 1 fully saturated rings. The minimum Gasteiger partial charge on any atom is -0.437 e. The number of halogens is 3. The second kappa shape index (κ2) is 7.34. The molecule has 0 radical (unpaired) electrons. The quantitative estimate of drug-likeness (QED) is 0.887. The second-order valence-electron chi connectivity index (χ2n) is 7.17. The number of rotatable bonds is 4. The smallest absolute Gasteiger partial charge is 0.307 e. The van der Waals surface area contributed by atoms with Crippen LogP contribution in [-0.4, -0.2) is 34.5 Å². The number of carbonyl (C=O) groups is 1. The minimum atomic E-state index is -0.867. The van der Waals surface area contributed by atoms with Crippen LogP contribution in [0.25, 0.3) is 0 Å². The maximum atomic E-state index is 13.9. The maximum Gasteiger partial charge on any atom is 0.307 e. The topological polar surface area (TPSA) is 58.4 Å². The van der Waals surface area contributed by atoms with E-state index in [0.717, 1.165) is 6.07 Å². The molecule has 27 heavy (non-hydrogen) atoms. The number of nitrogens with one attached hydrogen (secondary N) is 1. The van der Waals surface area contributed by atoms with Crippen LogP contribution < -0.4 is 5.32 Å². The summed E-state index contributed by atoms with van der Waals surface area (Å²) in [6.45, 7) is 1.35. The fraction of sp³-hybridized carbons (Fsp3) is 0.474. The Morgan fingerprint density at radius 2 is 2.19 bits per heavy atom. The summed E-state index contributed by atoms with van der Waals surface area (Å²) in [6.07, 6.45) is 1.08.